The fourth-order valence-corrected chi connectivity index (χ4v) is 2.11. The number of rotatable bonds is 4. The summed E-state index contributed by atoms with van der Waals surface area (Å²) in [4.78, 5) is 8.71. The normalized spacial score (nSPS) is 20.1. The van der Waals surface area contributed by atoms with Gasteiger partial charge >= 0.3 is 0 Å². The van der Waals surface area contributed by atoms with Gasteiger partial charge in [-0.1, -0.05) is 32.3 Å². The largest absolute Gasteiger partial charge is 0.295 e. The van der Waals surface area contributed by atoms with Crippen molar-refractivity contribution in [2.45, 2.75) is 58.4 Å². The van der Waals surface area contributed by atoms with Crippen LogP contribution in [0.15, 0.2) is 22.6 Å². The number of aliphatic imine (C=N–C) groups is 2. The van der Waals surface area contributed by atoms with Crippen LogP contribution in [0.2, 0.25) is 0 Å². The summed E-state index contributed by atoms with van der Waals surface area (Å²) in [7, 11) is 0. The lowest BCUT2D eigenvalue weighted by atomic mass is 10.1. The Hall–Kier alpha value is -0.960. The van der Waals surface area contributed by atoms with Crippen LogP contribution >= 0.6 is 0 Å². The molecule has 0 aromatic carbocycles. The number of amidine groups is 1. The Morgan fingerprint density at radius 2 is 1.88 bits per heavy atom. The molecule has 1 aliphatic rings. The second-order valence-corrected chi connectivity index (χ2v) is 4.71. The molecule has 0 spiro atoms. The molecule has 0 radical (unpaired) electrons. The second-order valence-electron chi connectivity index (χ2n) is 4.71. The summed E-state index contributed by atoms with van der Waals surface area (Å²) in [5, 5.41) is 3.50. The lowest BCUT2D eigenvalue weighted by Crippen LogP contribution is -2.28. The van der Waals surface area contributed by atoms with E-state index in [1.165, 1.54) is 38.5 Å². The fraction of sp³-hybridized carbons (Fsp3) is 0.714. The first kappa shape index (κ1) is 14.1. The van der Waals surface area contributed by atoms with E-state index in [2.05, 4.69) is 21.9 Å². The Balaban J connectivity index is 2.29. The minimum atomic E-state index is 0.651. The van der Waals surface area contributed by atoms with Crippen LogP contribution in [-0.4, -0.2) is 24.3 Å². The SMILES string of the molecule is C=CC(C)=N/C(C)=N\CNC1CCCCCC1. The summed E-state index contributed by atoms with van der Waals surface area (Å²) in [5.74, 6) is 0.823. The van der Waals surface area contributed by atoms with Gasteiger partial charge in [0.05, 0.1) is 6.67 Å². The Kier molecular flexibility index (Phi) is 6.78. The molecule has 96 valence electrons. The van der Waals surface area contributed by atoms with Crippen LogP contribution in [0.5, 0.6) is 0 Å². The maximum absolute atomic E-state index is 4.41. The van der Waals surface area contributed by atoms with Gasteiger partial charge in [-0.3, -0.25) is 10.3 Å². The average Bonchev–Trinajstić information content (AvgIpc) is 2.57. The third-order valence-electron chi connectivity index (χ3n) is 3.18. The first-order valence-corrected chi connectivity index (χ1v) is 6.64. The predicted octanol–water partition coefficient (Wildman–Crippen LogP) is 3.32. The average molecular weight is 235 g/mol. The molecule has 0 aromatic rings. The molecule has 1 rings (SSSR count). The van der Waals surface area contributed by atoms with Crippen LogP contribution < -0.4 is 5.32 Å². The molecule has 1 aliphatic carbocycles. The van der Waals surface area contributed by atoms with E-state index in [0.29, 0.717) is 12.7 Å². The molecule has 17 heavy (non-hydrogen) atoms. The number of hydrogen-bond donors (Lipinski definition) is 1. The van der Waals surface area contributed by atoms with Crippen molar-refractivity contribution in [3.8, 4) is 0 Å². The maximum Gasteiger partial charge on any atom is 0.121 e. The zero-order valence-corrected chi connectivity index (χ0v) is 11.2. The Morgan fingerprint density at radius 3 is 2.47 bits per heavy atom. The van der Waals surface area contributed by atoms with Crippen molar-refractivity contribution in [3.05, 3.63) is 12.7 Å². The predicted molar refractivity (Wildman–Crippen MR) is 75.9 cm³/mol. The number of nitrogens with one attached hydrogen (secondary N) is 1. The molecule has 1 N–H and O–H groups in total. The number of nitrogens with zero attached hydrogens (tertiary/aromatic N) is 2. The van der Waals surface area contributed by atoms with Gasteiger partial charge in [-0.2, -0.15) is 0 Å². The Labute approximate surface area is 105 Å². The molecule has 0 aromatic heterocycles. The minimum Gasteiger partial charge on any atom is -0.295 e. The minimum absolute atomic E-state index is 0.651. The summed E-state index contributed by atoms with van der Waals surface area (Å²) >= 11 is 0. The van der Waals surface area contributed by atoms with E-state index in [4.69, 9.17) is 0 Å². The molecule has 0 amide bonds. The molecule has 3 nitrogen and oxygen atoms in total. The zero-order chi connectivity index (χ0) is 12.5. The van der Waals surface area contributed by atoms with E-state index in [1.54, 1.807) is 6.08 Å². The summed E-state index contributed by atoms with van der Waals surface area (Å²) < 4.78 is 0. The standard InChI is InChI=1S/C14H25N3/c1-4-12(2)17-13(3)15-11-16-14-9-7-5-6-8-10-14/h4,14,16H,1,5-11H2,2-3H3/b15-13-,17-12?. The van der Waals surface area contributed by atoms with Gasteiger partial charge in [0.15, 0.2) is 0 Å². The van der Waals surface area contributed by atoms with Gasteiger partial charge in [-0.05, 0) is 32.8 Å². The summed E-state index contributed by atoms with van der Waals surface area (Å²) in [6, 6.07) is 0.651. The first-order chi connectivity index (χ1) is 8.22. The fourth-order valence-electron chi connectivity index (χ4n) is 2.11. The van der Waals surface area contributed by atoms with Gasteiger partial charge in [-0.25, -0.2) is 4.99 Å². The summed E-state index contributed by atoms with van der Waals surface area (Å²) in [6.45, 7) is 8.23. The highest BCUT2D eigenvalue weighted by Gasteiger charge is 2.10. The second kappa shape index (κ2) is 8.18. The molecular weight excluding hydrogens is 210 g/mol. The first-order valence-electron chi connectivity index (χ1n) is 6.64. The third kappa shape index (κ3) is 6.37. The van der Waals surface area contributed by atoms with E-state index in [9.17, 15) is 0 Å². The van der Waals surface area contributed by atoms with E-state index >= 15 is 0 Å². The third-order valence-corrected chi connectivity index (χ3v) is 3.18. The van der Waals surface area contributed by atoms with Crippen molar-refractivity contribution in [2.24, 2.45) is 9.98 Å². The molecule has 0 unspecified atom stereocenters. The van der Waals surface area contributed by atoms with Crippen molar-refractivity contribution in [1.82, 2.24) is 5.32 Å². The van der Waals surface area contributed by atoms with Gasteiger partial charge in [0.25, 0.3) is 0 Å². The highest BCUT2D eigenvalue weighted by Crippen LogP contribution is 2.16. The highest BCUT2D eigenvalue weighted by atomic mass is 15.1. The summed E-state index contributed by atoms with van der Waals surface area (Å²) in [5.41, 5.74) is 0.917. The molecule has 0 saturated heterocycles. The van der Waals surface area contributed by atoms with E-state index in [-0.39, 0.29) is 0 Å². The number of allylic oxidation sites excluding steroid dienone is 1. The van der Waals surface area contributed by atoms with Crippen molar-refractivity contribution < 1.29 is 0 Å². The highest BCUT2D eigenvalue weighted by molar-refractivity contribution is 6.01. The van der Waals surface area contributed by atoms with Gasteiger partial charge in [-0.15, -0.1) is 0 Å². The Bertz CT molecular complexity index is 284. The summed E-state index contributed by atoms with van der Waals surface area (Å²) in [6.07, 6.45) is 9.83. The van der Waals surface area contributed by atoms with Gasteiger partial charge in [0.1, 0.15) is 5.84 Å². The van der Waals surface area contributed by atoms with Crippen LogP contribution in [0, 0.1) is 0 Å². The molecular formula is C14H25N3. The van der Waals surface area contributed by atoms with Crippen LogP contribution in [0.25, 0.3) is 0 Å². The van der Waals surface area contributed by atoms with Crippen LogP contribution in [-0.2, 0) is 0 Å². The molecule has 1 saturated carbocycles. The van der Waals surface area contributed by atoms with Crippen LogP contribution in [0.1, 0.15) is 52.4 Å². The van der Waals surface area contributed by atoms with E-state index in [0.717, 1.165) is 11.5 Å². The van der Waals surface area contributed by atoms with Crippen molar-refractivity contribution >= 4 is 11.5 Å². The topological polar surface area (TPSA) is 36.8 Å². The molecule has 0 aliphatic heterocycles. The zero-order valence-electron chi connectivity index (χ0n) is 11.2. The Morgan fingerprint density at radius 1 is 1.24 bits per heavy atom. The molecule has 0 heterocycles. The van der Waals surface area contributed by atoms with Crippen molar-refractivity contribution in [2.75, 3.05) is 6.67 Å². The molecule has 0 atom stereocenters. The van der Waals surface area contributed by atoms with Gasteiger partial charge in [0.2, 0.25) is 0 Å². The monoisotopic (exact) mass is 235 g/mol. The quantitative estimate of drug-likeness (QED) is 0.453. The van der Waals surface area contributed by atoms with Gasteiger partial charge in [0, 0.05) is 11.8 Å². The van der Waals surface area contributed by atoms with E-state index in [1.807, 2.05) is 13.8 Å². The maximum atomic E-state index is 4.41. The van der Waals surface area contributed by atoms with Crippen molar-refractivity contribution in [1.29, 1.82) is 0 Å². The lowest BCUT2D eigenvalue weighted by molar-refractivity contribution is 0.468. The van der Waals surface area contributed by atoms with Crippen LogP contribution in [0.4, 0.5) is 0 Å². The van der Waals surface area contributed by atoms with E-state index < -0.39 is 0 Å². The van der Waals surface area contributed by atoms with Crippen LogP contribution in [0.3, 0.4) is 0 Å². The smallest absolute Gasteiger partial charge is 0.121 e. The number of hydrogen-bond acceptors (Lipinski definition) is 2. The molecule has 0 bridgehead atoms. The molecule has 3 heteroatoms. The van der Waals surface area contributed by atoms with Gasteiger partial charge < -0.3 is 0 Å². The molecule has 1 fully saturated rings. The lowest BCUT2D eigenvalue weighted by Gasteiger charge is -2.14. The van der Waals surface area contributed by atoms with Crippen molar-refractivity contribution in [3.63, 3.8) is 0 Å².